The largest absolute Gasteiger partial charge is 0.147 e. The molecular formula is C11H13Cl. The van der Waals surface area contributed by atoms with E-state index >= 15 is 0 Å². The van der Waals surface area contributed by atoms with Crippen molar-refractivity contribution >= 4 is 23.2 Å². The number of rotatable bonds is 0. The molecule has 0 aliphatic heterocycles. The Bertz CT molecular complexity index is 276. The van der Waals surface area contributed by atoms with E-state index in [-0.39, 0.29) is 19.8 Å². The van der Waals surface area contributed by atoms with Crippen LogP contribution in [0.3, 0.4) is 0 Å². The van der Waals surface area contributed by atoms with Crippen LogP contribution in [0.5, 0.6) is 0 Å². The third kappa shape index (κ3) is 1.99. The molecule has 2 aromatic rings. The number of benzene rings is 2. The molecule has 0 radical (unpaired) electrons. The zero-order valence-electron chi connectivity index (χ0n) is 6.03. The van der Waals surface area contributed by atoms with Crippen LogP contribution in [0.4, 0.5) is 0 Å². The Morgan fingerprint density at radius 1 is 0.583 bits per heavy atom. The first-order chi connectivity index (χ1) is 4.97. The fourth-order valence-corrected chi connectivity index (χ4v) is 1.13. The Labute approximate surface area is 79.6 Å². The first kappa shape index (κ1) is 11.0. The molecule has 0 bridgehead atoms. The average molecular weight is 181 g/mol. The third-order valence-corrected chi connectivity index (χ3v) is 1.66. The van der Waals surface area contributed by atoms with Crippen molar-refractivity contribution < 1.29 is 0 Å². The highest BCUT2D eigenvalue weighted by atomic mass is 35.5. The van der Waals surface area contributed by atoms with Gasteiger partial charge in [0.15, 0.2) is 0 Å². The zero-order valence-corrected chi connectivity index (χ0v) is 6.84. The number of fused-ring (bicyclic) bond motifs is 1. The van der Waals surface area contributed by atoms with E-state index in [1.807, 2.05) is 0 Å². The van der Waals surface area contributed by atoms with Gasteiger partial charge in [-0.2, -0.15) is 0 Å². The molecule has 2 rings (SSSR count). The van der Waals surface area contributed by atoms with Crippen molar-refractivity contribution in [2.24, 2.45) is 0 Å². The van der Waals surface area contributed by atoms with Crippen molar-refractivity contribution in [3.8, 4) is 0 Å². The lowest BCUT2D eigenvalue weighted by atomic mass is 10.1. The molecule has 0 amide bonds. The lowest BCUT2D eigenvalue weighted by Gasteiger charge is -1.92. The van der Waals surface area contributed by atoms with Gasteiger partial charge in [0, 0.05) is 0 Å². The summed E-state index contributed by atoms with van der Waals surface area (Å²) in [5, 5.41) is 2.62. The van der Waals surface area contributed by atoms with Crippen molar-refractivity contribution in [2.75, 3.05) is 0 Å². The minimum atomic E-state index is 0. The van der Waals surface area contributed by atoms with Gasteiger partial charge in [0.2, 0.25) is 0 Å². The van der Waals surface area contributed by atoms with Gasteiger partial charge in [0.05, 0.1) is 0 Å². The molecule has 0 aromatic heterocycles. The minimum Gasteiger partial charge on any atom is -0.147 e. The average Bonchev–Trinajstić information content (AvgIpc) is 2.05. The van der Waals surface area contributed by atoms with E-state index in [2.05, 4.69) is 48.5 Å². The molecule has 1 heteroatoms. The molecule has 0 heterocycles. The van der Waals surface area contributed by atoms with E-state index < -0.39 is 0 Å². The van der Waals surface area contributed by atoms with E-state index in [4.69, 9.17) is 0 Å². The molecule has 0 unspecified atom stereocenters. The summed E-state index contributed by atoms with van der Waals surface area (Å²) in [5.74, 6) is 0. The van der Waals surface area contributed by atoms with Gasteiger partial charge in [0.25, 0.3) is 0 Å². The van der Waals surface area contributed by atoms with E-state index in [9.17, 15) is 0 Å². The van der Waals surface area contributed by atoms with Gasteiger partial charge in [-0.1, -0.05) is 56.0 Å². The summed E-state index contributed by atoms with van der Waals surface area (Å²) in [6, 6.07) is 16.7. The molecular weight excluding hydrogens is 168 g/mol. The topological polar surface area (TPSA) is 0 Å². The Balaban J connectivity index is 0.000000605. The Kier molecular flexibility index (Phi) is 4.38. The van der Waals surface area contributed by atoms with Crippen LogP contribution in [-0.4, -0.2) is 0 Å². The molecule has 0 aliphatic carbocycles. The van der Waals surface area contributed by atoms with Crippen molar-refractivity contribution in [3.05, 3.63) is 48.5 Å². The van der Waals surface area contributed by atoms with E-state index in [0.717, 1.165) is 0 Å². The van der Waals surface area contributed by atoms with Gasteiger partial charge >= 0.3 is 0 Å². The summed E-state index contributed by atoms with van der Waals surface area (Å²) >= 11 is 0. The fraction of sp³-hybridized carbons (Fsp3) is 0.0909. The van der Waals surface area contributed by atoms with Crippen LogP contribution in [0.1, 0.15) is 7.43 Å². The summed E-state index contributed by atoms with van der Waals surface area (Å²) in [4.78, 5) is 0. The molecule has 0 saturated carbocycles. The van der Waals surface area contributed by atoms with Crippen molar-refractivity contribution in [2.45, 2.75) is 7.43 Å². The van der Waals surface area contributed by atoms with E-state index in [1.165, 1.54) is 10.8 Å². The van der Waals surface area contributed by atoms with Crippen LogP contribution < -0.4 is 0 Å². The maximum atomic E-state index is 2.12. The van der Waals surface area contributed by atoms with Crippen LogP contribution >= 0.6 is 12.4 Å². The summed E-state index contributed by atoms with van der Waals surface area (Å²) in [5.41, 5.74) is 0. The van der Waals surface area contributed by atoms with Crippen LogP contribution in [-0.2, 0) is 0 Å². The molecule has 0 atom stereocenters. The monoisotopic (exact) mass is 180 g/mol. The lowest BCUT2D eigenvalue weighted by molar-refractivity contribution is 1.75. The smallest absolute Gasteiger partial charge is 0.0184 e. The first-order valence-corrected chi connectivity index (χ1v) is 3.40. The molecule has 0 nitrogen and oxygen atoms in total. The van der Waals surface area contributed by atoms with Crippen LogP contribution in [0.2, 0.25) is 0 Å². The standard InChI is InChI=1S/C10H8.CH4.ClH/c1-2-6-10-8-4-3-7-9(10)5-1;;/h1-8H;1H4;1H. The highest BCUT2D eigenvalue weighted by Crippen LogP contribution is 2.11. The van der Waals surface area contributed by atoms with Crippen molar-refractivity contribution in [1.29, 1.82) is 0 Å². The molecule has 0 aliphatic rings. The second-order valence-corrected chi connectivity index (χ2v) is 2.35. The number of halogens is 1. The molecule has 12 heavy (non-hydrogen) atoms. The molecule has 0 spiro atoms. The SMILES string of the molecule is C.Cl.c1ccc2ccccc2c1. The number of hydrogen-bond donors (Lipinski definition) is 0. The number of hydrogen-bond acceptors (Lipinski definition) is 0. The van der Waals surface area contributed by atoms with Gasteiger partial charge in [-0.3, -0.25) is 0 Å². The van der Waals surface area contributed by atoms with E-state index in [0.29, 0.717) is 0 Å². The Morgan fingerprint density at radius 2 is 0.833 bits per heavy atom. The van der Waals surface area contributed by atoms with Crippen LogP contribution in [0, 0.1) is 0 Å². The van der Waals surface area contributed by atoms with Gasteiger partial charge in [-0.05, 0) is 10.8 Å². The van der Waals surface area contributed by atoms with Crippen LogP contribution in [0.15, 0.2) is 48.5 Å². The van der Waals surface area contributed by atoms with E-state index in [1.54, 1.807) is 0 Å². The maximum Gasteiger partial charge on any atom is -0.0184 e. The summed E-state index contributed by atoms with van der Waals surface area (Å²) in [6.45, 7) is 0. The van der Waals surface area contributed by atoms with Gasteiger partial charge in [-0.25, -0.2) is 0 Å². The lowest BCUT2D eigenvalue weighted by Crippen LogP contribution is -1.67. The highest BCUT2D eigenvalue weighted by molar-refractivity contribution is 5.85. The van der Waals surface area contributed by atoms with Crippen molar-refractivity contribution in [3.63, 3.8) is 0 Å². The second-order valence-electron chi connectivity index (χ2n) is 2.35. The molecule has 0 N–H and O–H groups in total. The predicted molar refractivity (Wildman–Crippen MR) is 57.9 cm³/mol. The highest BCUT2D eigenvalue weighted by Gasteiger charge is 1.85. The first-order valence-electron chi connectivity index (χ1n) is 3.40. The quantitative estimate of drug-likeness (QED) is 0.577. The fourth-order valence-electron chi connectivity index (χ4n) is 1.13. The summed E-state index contributed by atoms with van der Waals surface area (Å²) in [7, 11) is 0. The Morgan fingerprint density at radius 3 is 1.08 bits per heavy atom. The Hall–Kier alpha value is -1.01. The normalized spacial score (nSPS) is 8.33. The third-order valence-electron chi connectivity index (χ3n) is 1.66. The minimum absolute atomic E-state index is 0. The summed E-state index contributed by atoms with van der Waals surface area (Å²) < 4.78 is 0. The van der Waals surface area contributed by atoms with Gasteiger partial charge < -0.3 is 0 Å². The van der Waals surface area contributed by atoms with Crippen LogP contribution in [0.25, 0.3) is 10.8 Å². The zero-order chi connectivity index (χ0) is 6.81. The maximum absolute atomic E-state index is 2.12. The van der Waals surface area contributed by atoms with Crippen molar-refractivity contribution in [1.82, 2.24) is 0 Å². The molecule has 0 fully saturated rings. The summed E-state index contributed by atoms with van der Waals surface area (Å²) in [6.07, 6.45) is 0. The molecule has 64 valence electrons. The molecule has 2 aromatic carbocycles. The van der Waals surface area contributed by atoms with Gasteiger partial charge in [0.1, 0.15) is 0 Å². The predicted octanol–water partition coefficient (Wildman–Crippen LogP) is 3.90. The second kappa shape index (κ2) is 4.78. The molecule has 0 saturated heterocycles. The van der Waals surface area contributed by atoms with Gasteiger partial charge in [-0.15, -0.1) is 12.4 Å².